The van der Waals surface area contributed by atoms with Crippen LogP contribution in [0.4, 0.5) is 0 Å². The summed E-state index contributed by atoms with van der Waals surface area (Å²) in [6.07, 6.45) is 0. The molecule has 0 saturated carbocycles. The summed E-state index contributed by atoms with van der Waals surface area (Å²) < 4.78 is 0. The normalized spacial score (nSPS) is 10.7. The van der Waals surface area contributed by atoms with Crippen molar-refractivity contribution in [3.05, 3.63) is 95.0 Å². The summed E-state index contributed by atoms with van der Waals surface area (Å²) in [6.45, 7) is 0. The number of hydrogen-bond acceptors (Lipinski definition) is 2. The zero-order valence-electron chi connectivity index (χ0n) is 13.7. The monoisotopic (exact) mass is 376 g/mol. The average Bonchev–Trinajstić information content (AvgIpc) is 2.69. The van der Waals surface area contributed by atoms with Gasteiger partial charge < -0.3 is 0 Å². The molecule has 26 heavy (non-hydrogen) atoms. The number of aromatic nitrogens is 2. The molecule has 0 aliphatic rings. The highest BCUT2D eigenvalue weighted by Gasteiger charge is 2.12. The fourth-order valence-corrected chi connectivity index (χ4v) is 3.06. The average molecular weight is 377 g/mol. The van der Waals surface area contributed by atoms with Crippen LogP contribution in [0.15, 0.2) is 84.9 Å². The van der Waals surface area contributed by atoms with Gasteiger partial charge in [0.25, 0.3) is 0 Å². The molecule has 2 nitrogen and oxygen atoms in total. The second-order valence-corrected chi connectivity index (χ2v) is 6.74. The molecular weight excluding hydrogens is 363 g/mol. The zero-order valence-corrected chi connectivity index (χ0v) is 15.2. The molecule has 0 spiro atoms. The number of nitrogens with zero attached hydrogens (tertiary/aromatic N) is 2. The van der Waals surface area contributed by atoms with Gasteiger partial charge in [-0.3, -0.25) is 0 Å². The van der Waals surface area contributed by atoms with Crippen LogP contribution in [-0.2, 0) is 0 Å². The summed E-state index contributed by atoms with van der Waals surface area (Å²) >= 11 is 12.0. The molecule has 1 aromatic heterocycles. The van der Waals surface area contributed by atoms with Gasteiger partial charge in [0.2, 0.25) is 0 Å². The fourth-order valence-electron chi connectivity index (χ4n) is 2.81. The van der Waals surface area contributed by atoms with E-state index in [2.05, 4.69) is 28.4 Å². The minimum atomic E-state index is 0.695. The van der Waals surface area contributed by atoms with E-state index in [0.717, 1.165) is 33.6 Å². The van der Waals surface area contributed by atoms with Crippen molar-refractivity contribution in [3.63, 3.8) is 0 Å². The number of benzene rings is 3. The maximum Gasteiger partial charge on any atom is 0.101 e. The van der Waals surface area contributed by atoms with Crippen LogP contribution in [-0.4, -0.2) is 10.2 Å². The van der Waals surface area contributed by atoms with Crippen molar-refractivity contribution in [2.75, 3.05) is 0 Å². The van der Waals surface area contributed by atoms with Crippen molar-refractivity contribution in [1.29, 1.82) is 0 Å². The largest absolute Gasteiger partial charge is 0.150 e. The molecule has 0 aliphatic heterocycles. The van der Waals surface area contributed by atoms with Crippen LogP contribution in [0.25, 0.3) is 33.6 Å². The number of rotatable bonds is 3. The third-order valence-electron chi connectivity index (χ3n) is 4.14. The summed E-state index contributed by atoms with van der Waals surface area (Å²) in [7, 11) is 0. The van der Waals surface area contributed by atoms with E-state index >= 15 is 0 Å². The van der Waals surface area contributed by atoms with E-state index in [9.17, 15) is 0 Å². The smallest absolute Gasteiger partial charge is 0.101 e. The van der Waals surface area contributed by atoms with E-state index in [1.807, 2.05) is 66.7 Å². The third kappa shape index (κ3) is 3.48. The Kier molecular flexibility index (Phi) is 4.70. The molecule has 4 rings (SSSR count). The first-order valence-electron chi connectivity index (χ1n) is 8.16. The molecule has 0 radical (unpaired) electrons. The molecule has 0 fully saturated rings. The van der Waals surface area contributed by atoms with Crippen LogP contribution in [0, 0.1) is 0 Å². The summed E-state index contributed by atoms with van der Waals surface area (Å²) in [6, 6.07) is 27.5. The van der Waals surface area contributed by atoms with Gasteiger partial charge >= 0.3 is 0 Å². The first-order chi connectivity index (χ1) is 12.7. The van der Waals surface area contributed by atoms with Gasteiger partial charge in [0, 0.05) is 26.7 Å². The number of halogens is 2. The van der Waals surface area contributed by atoms with Gasteiger partial charge in [-0.15, -0.1) is 10.2 Å². The molecular formula is C22H14Cl2N2. The second kappa shape index (κ2) is 7.28. The van der Waals surface area contributed by atoms with Crippen molar-refractivity contribution in [3.8, 4) is 33.6 Å². The van der Waals surface area contributed by atoms with Crippen molar-refractivity contribution in [1.82, 2.24) is 10.2 Å². The predicted octanol–water partition coefficient (Wildman–Crippen LogP) is 6.78. The van der Waals surface area contributed by atoms with Crippen molar-refractivity contribution in [2.45, 2.75) is 0 Å². The molecule has 1 heterocycles. The highest BCUT2D eigenvalue weighted by atomic mass is 35.5. The topological polar surface area (TPSA) is 25.8 Å². The zero-order chi connectivity index (χ0) is 17.9. The van der Waals surface area contributed by atoms with Gasteiger partial charge in [0.05, 0.1) is 5.69 Å². The van der Waals surface area contributed by atoms with E-state index in [1.54, 1.807) is 0 Å². The predicted molar refractivity (Wildman–Crippen MR) is 108 cm³/mol. The van der Waals surface area contributed by atoms with Crippen LogP contribution < -0.4 is 0 Å². The summed E-state index contributed by atoms with van der Waals surface area (Å²) in [5.41, 5.74) is 5.68. The minimum absolute atomic E-state index is 0.695. The summed E-state index contributed by atoms with van der Waals surface area (Å²) in [5.74, 6) is 0. The van der Waals surface area contributed by atoms with Crippen molar-refractivity contribution in [2.24, 2.45) is 0 Å². The first-order valence-corrected chi connectivity index (χ1v) is 8.91. The molecule has 3 aromatic carbocycles. The molecule has 0 amide bonds. The third-order valence-corrected chi connectivity index (χ3v) is 4.64. The quantitative estimate of drug-likeness (QED) is 0.393. The van der Waals surface area contributed by atoms with Crippen molar-refractivity contribution < 1.29 is 0 Å². The van der Waals surface area contributed by atoms with Crippen LogP contribution in [0.1, 0.15) is 0 Å². The number of hydrogen-bond donors (Lipinski definition) is 0. The highest BCUT2D eigenvalue weighted by Crippen LogP contribution is 2.33. The molecule has 0 unspecified atom stereocenters. The molecule has 0 aliphatic carbocycles. The lowest BCUT2D eigenvalue weighted by Gasteiger charge is -2.11. The van der Waals surface area contributed by atoms with Gasteiger partial charge in [-0.1, -0.05) is 77.8 Å². The molecule has 0 atom stereocenters. The van der Waals surface area contributed by atoms with E-state index in [-0.39, 0.29) is 0 Å². The van der Waals surface area contributed by atoms with Gasteiger partial charge in [-0.05, 0) is 35.9 Å². The Morgan fingerprint density at radius 2 is 1.12 bits per heavy atom. The minimum Gasteiger partial charge on any atom is -0.150 e. The lowest BCUT2D eigenvalue weighted by Crippen LogP contribution is -1.95. The van der Waals surface area contributed by atoms with Gasteiger partial charge in [-0.25, -0.2) is 0 Å². The molecule has 0 N–H and O–H groups in total. The van der Waals surface area contributed by atoms with E-state index in [4.69, 9.17) is 23.2 Å². The first kappa shape index (κ1) is 16.8. The Hall–Kier alpha value is -2.68. The molecule has 4 heteroatoms. The van der Waals surface area contributed by atoms with E-state index in [1.165, 1.54) is 0 Å². The Balaban J connectivity index is 1.89. The Morgan fingerprint density at radius 1 is 0.538 bits per heavy atom. The molecule has 0 bridgehead atoms. The Morgan fingerprint density at radius 3 is 1.73 bits per heavy atom. The lowest BCUT2D eigenvalue weighted by atomic mass is 9.98. The molecule has 0 saturated heterocycles. The second-order valence-electron chi connectivity index (χ2n) is 5.87. The van der Waals surface area contributed by atoms with E-state index < -0.39 is 0 Å². The van der Waals surface area contributed by atoms with E-state index in [0.29, 0.717) is 10.0 Å². The van der Waals surface area contributed by atoms with Crippen LogP contribution in [0.3, 0.4) is 0 Å². The Labute approximate surface area is 162 Å². The standard InChI is InChI=1S/C22H14Cl2N2/c23-18-10-6-16(7-11-18)21-14-20(15-4-2-1-3-5-15)22(26-25-21)17-8-12-19(24)13-9-17/h1-14H. The van der Waals surface area contributed by atoms with Crippen molar-refractivity contribution >= 4 is 23.2 Å². The van der Waals surface area contributed by atoms with Crippen LogP contribution >= 0.6 is 23.2 Å². The Bertz CT molecular complexity index is 1030. The lowest BCUT2D eigenvalue weighted by molar-refractivity contribution is 1.05. The molecule has 126 valence electrons. The summed E-state index contributed by atoms with van der Waals surface area (Å²) in [4.78, 5) is 0. The molecule has 4 aromatic rings. The highest BCUT2D eigenvalue weighted by molar-refractivity contribution is 6.30. The SMILES string of the molecule is Clc1ccc(-c2cc(-c3ccccc3)c(-c3ccc(Cl)cc3)nn2)cc1. The van der Waals surface area contributed by atoms with Crippen LogP contribution in [0.2, 0.25) is 10.0 Å². The van der Waals surface area contributed by atoms with Gasteiger partial charge in [0.1, 0.15) is 5.69 Å². The van der Waals surface area contributed by atoms with Gasteiger partial charge in [0.15, 0.2) is 0 Å². The fraction of sp³-hybridized carbons (Fsp3) is 0. The van der Waals surface area contributed by atoms with Gasteiger partial charge in [-0.2, -0.15) is 0 Å². The maximum atomic E-state index is 6.03. The van der Waals surface area contributed by atoms with Crippen LogP contribution in [0.5, 0.6) is 0 Å². The maximum absolute atomic E-state index is 6.03. The summed E-state index contributed by atoms with van der Waals surface area (Å²) in [5, 5.41) is 10.4.